The molecule has 15 heavy (non-hydrogen) atoms. The fourth-order valence-corrected chi connectivity index (χ4v) is 2.98. The zero-order valence-corrected chi connectivity index (χ0v) is 11.1. The van der Waals surface area contributed by atoms with Crippen LogP contribution in [-0.2, 0) is 19.3 Å². The van der Waals surface area contributed by atoms with Gasteiger partial charge in [-0.3, -0.25) is 0 Å². The van der Waals surface area contributed by atoms with Crippen molar-refractivity contribution in [3.8, 4) is 0 Å². The Morgan fingerprint density at radius 1 is 0.600 bits per heavy atom. The topological polar surface area (TPSA) is 0 Å². The molecule has 0 nitrogen and oxygen atoms in total. The summed E-state index contributed by atoms with van der Waals surface area (Å²) in [6.07, 6.45) is 3.49. The number of rotatable bonds is 3. The molecule has 1 aromatic carbocycles. The average molecular weight is 180 g/mol. The van der Waals surface area contributed by atoms with Gasteiger partial charge in [0.25, 0.3) is 0 Å². The second kappa shape index (κ2) is 6.08. The molecule has 0 atom stereocenters. The van der Waals surface area contributed by atoms with Crippen LogP contribution in [0.2, 0.25) is 0 Å². The molecule has 0 saturated carbocycles. The molecule has 0 saturated heterocycles. The Balaban J connectivity index is 3.57. The number of benzene rings is 1. The summed E-state index contributed by atoms with van der Waals surface area (Å²) in [4.78, 5) is 0. The van der Waals surface area contributed by atoms with Gasteiger partial charge in [-0.2, -0.15) is 0 Å². The summed E-state index contributed by atoms with van der Waals surface area (Å²) >= 11 is 6.87. The van der Waals surface area contributed by atoms with E-state index >= 15 is 0 Å². The van der Waals surface area contributed by atoms with Crippen molar-refractivity contribution in [3.63, 3.8) is 0 Å². The molecule has 0 unspecified atom stereocenters. The van der Waals surface area contributed by atoms with Crippen molar-refractivity contribution in [2.75, 3.05) is 0 Å². The van der Waals surface area contributed by atoms with Gasteiger partial charge in [0, 0.05) is 0 Å². The molecule has 0 heterocycles. The van der Waals surface area contributed by atoms with Crippen molar-refractivity contribution < 1.29 is 0 Å². The Kier molecular flexibility index (Phi) is 5.71. The summed E-state index contributed by atoms with van der Waals surface area (Å²) in [6.45, 7) is 6.80. The quantitative estimate of drug-likeness (QED) is 0.563. The summed E-state index contributed by atoms with van der Waals surface area (Å²) in [7, 11) is 0. The number of hydrogen-bond acceptors (Lipinski definition) is 0. The molecule has 3 heteroatoms. The van der Waals surface area contributed by atoms with Crippen LogP contribution in [0, 0.1) is 0 Å². The van der Waals surface area contributed by atoms with Gasteiger partial charge in [-0.15, -0.1) is 0 Å². The monoisotopic (exact) mass is 180 g/mol. The molecule has 0 spiro atoms. The first-order valence-corrected chi connectivity index (χ1v) is 6.18. The van der Waals surface area contributed by atoms with Crippen LogP contribution in [0.15, 0.2) is 0 Å². The first-order valence-electron chi connectivity index (χ1n) is 6.18. The minimum atomic E-state index is 1.16. The van der Waals surface area contributed by atoms with Crippen molar-refractivity contribution >= 4 is 65.9 Å². The fraction of sp³-hybridized carbons (Fsp3) is 0.500. The fourth-order valence-electron chi connectivity index (χ4n) is 2.98. The van der Waals surface area contributed by atoms with Crippen LogP contribution in [0.4, 0.5) is 0 Å². The summed E-state index contributed by atoms with van der Waals surface area (Å²) in [5.74, 6) is 0. The molecular weight excluding hydrogens is 165 g/mol. The molecule has 66 valence electrons. The van der Waals surface area contributed by atoms with E-state index in [0.29, 0.717) is 0 Å². The van der Waals surface area contributed by atoms with E-state index in [4.69, 9.17) is 0 Å². The predicted octanol–water partition coefficient (Wildman–Crippen LogP) is -0.245. The Hall–Kier alpha value is 1.01. The predicted molar refractivity (Wildman–Crippen MR) is 70.7 cm³/mol. The average Bonchev–Trinajstić information content (AvgIpc) is 2.19. The molecule has 0 aromatic heterocycles. The Morgan fingerprint density at radius 2 is 0.800 bits per heavy atom. The SMILES string of the molecule is [Li][c]1c(CC)[c]([Li])c(CC)[c]([Li])c1CC. The number of hydrogen-bond donors (Lipinski definition) is 0. The van der Waals surface area contributed by atoms with Gasteiger partial charge < -0.3 is 0 Å². The Labute approximate surface area is 122 Å². The van der Waals surface area contributed by atoms with Gasteiger partial charge in [-0.25, -0.2) is 0 Å². The van der Waals surface area contributed by atoms with Gasteiger partial charge in [-0.1, -0.05) is 0 Å². The van der Waals surface area contributed by atoms with Crippen LogP contribution in [0.25, 0.3) is 0 Å². The van der Waals surface area contributed by atoms with E-state index in [2.05, 4.69) is 73.9 Å². The first kappa shape index (κ1) is 14.1. The molecule has 0 aliphatic rings. The molecule has 0 radical (unpaired) electrons. The Morgan fingerprint density at radius 3 is 0.933 bits per heavy atom. The molecule has 0 fully saturated rings. The van der Waals surface area contributed by atoms with Crippen LogP contribution in [-0.4, -0.2) is 53.1 Å². The van der Waals surface area contributed by atoms with Gasteiger partial charge in [0.05, 0.1) is 0 Å². The zero-order valence-electron chi connectivity index (χ0n) is 11.1. The normalized spacial score (nSPS) is 11.0. The van der Waals surface area contributed by atoms with Gasteiger partial charge in [0.1, 0.15) is 0 Å². The maximum atomic E-state index is 2.29. The van der Waals surface area contributed by atoms with Crippen LogP contribution < -0.4 is 12.7 Å². The van der Waals surface area contributed by atoms with Crippen LogP contribution in [0.1, 0.15) is 37.5 Å². The zero-order chi connectivity index (χ0) is 11.6. The molecule has 1 aromatic rings. The van der Waals surface area contributed by atoms with E-state index in [1.165, 1.54) is 12.7 Å². The van der Waals surface area contributed by atoms with Crippen molar-refractivity contribution in [3.05, 3.63) is 16.7 Å². The van der Waals surface area contributed by atoms with Crippen molar-refractivity contribution in [2.24, 2.45) is 0 Å². The minimum absolute atomic E-state index is 1.16. The second-order valence-corrected chi connectivity index (χ2v) is 4.37. The molecule has 1 rings (SSSR count). The third kappa shape index (κ3) is 2.64. The first-order chi connectivity index (χ1) is 7.08. The van der Waals surface area contributed by atoms with E-state index in [0.717, 1.165) is 19.3 Å². The van der Waals surface area contributed by atoms with E-state index in [-0.39, 0.29) is 0 Å². The van der Waals surface area contributed by atoms with Crippen molar-refractivity contribution in [2.45, 2.75) is 40.0 Å². The summed E-state index contributed by atoms with van der Waals surface area (Å²) in [6, 6.07) is 0. The van der Waals surface area contributed by atoms with Crippen LogP contribution in [0.3, 0.4) is 0 Å². The van der Waals surface area contributed by atoms with Gasteiger partial charge >= 0.3 is 123 Å². The molecule has 0 aliphatic carbocycles. The summed E-state index contributed by atoms with van der Waals surface area (Å²) in [5, 5.41) is 0. The standard InChI is InChI=1S/C12H15.3Li/c1-4-10-7-11(5-2)9-12(6-3)8-10;;;/h4-6H2,1-3H3;;;. The molecule has 0 amide bonds. The molecule has 0 bridgehead atoms. The maximum absolute atomic E-state index is 2.29. The van der Waals surface area contributed by atoms with Gasteiger partial charge in [0.2, 0.25) is 0 Å². The van der Waals surface area contributed by atoms with Crippen molar-refractivity contribution in [1.82, 2.24) is 0 Å². The van der Waals surface area contributed by atoms with Gasteiger partial charge in [-0.05, 0) is 0 Å². The van der Waals surface area contributed by atoms with Crippen LogP contribution >= 0.6 is 0 Å². The molecular formula is C12H15Li3. The Bertz CT molecular complexity index is 291. The van der Waals surface area contributed by atoms with Crippen LogP contribution in [0.5, 0.6) is 0 Å². The summed E-state index contributed by atoms with van der Waals surface area (Å²) < 4.78 is 4.60. The van der Waals surface area contributed by atoms with Crippen molar-refractivity contribution in [1.29, 1.82) is 0 Å². The third-order valence-corrected chi connectivity index (χ3v) is 3.78. The molecule has 0 aliphatic heterocycles. The second-order valence-electron chi connectivity index (χ2n) is 4.37. The van der Waals surface area contributed by atoms with E-state index in [9.17, 15) is 0 Å². The summed E-state index contributed by atoms with van der Waals surface area (Å²) in [5.41, 5.74) is 4.73. The molecule has 0 N–H and O–H groups in total. The van der Waals surface area contributed by atoms with Gasteiger partial charge in [0.15, 0.2) is 0 Å². The van der Waals surface area contributed by atoms with E-state index < -0.39 is 0 Å². The van der Waals surface area contributed by atoms with E-state index in [1.807, 2.05) is 0 Å². The van der Waals surface area contributed by atoms with E-state index in [1.54, 1.807) is 16.7 Å². The third-order valence-electron chi connectivity index (χ3n) is 3.78.